The van der Waals surface area contributed by atoms with Crippen molar-refractivity contribution in [1.82, 2.24) is 9.97 Å². The fourth-order valence-corrected chi connectivity index (χ4v) is 2.50. The lowest BCUT2D eigenvalue weighted by Gasteiger charge is -2.13. The molecule has 2 N–H and O–H groups in total. The van der Waals surface area contributed by atoms with Gasteiger partial charge in [-0.05, 0) is 29.8 Å². The van der Waals surface area contributed by atoms with Gasteiger partial charge in [0, 0.05) is 23.3 Å². The zero-order valence-electron chi connectivity index (χ0n) is 12.7. The molecule has 0 aliphatic heterocycles. The highest BCUT2D eigenvalue weighted by Crippen LogP contribution is 2.22. The van der Waals surface area contributed by atoms with E-state index in [4.69, 9.17) is 11.6 Å². The molecule has 1 heterocycles. The van der Waals surface area contributed by atoms with Crippen LogP contribution in [0.25, 0.3) is 11.4 Å². The normalized spacial score (nSPS) is 12.0. The fraction of sp³-hybridized carbons (Fsp3) is 0.111. The topological polar surface area (TPSA) is 58.0 Å². The SMILES string of the molecule is O[C@@H](CNc1ccnc(-c2cc(F)cc(Cl)c2)n1)c1ccccc1. The van der Waals surface area contributed by atoms with Crippen LogP contribution in [0.5, 0.6) is 0 Å². The monoisotopic (exact) mass is 343 g/mol. The van der Waals surface area contributed by atoms with Gasteiger partial charge in [-0.2, -0.15) is 0 Å². The van der Waals surface area contributed by atoms with Gasteiger partial charge in [0.25, 0.3) is 0 Å². The first-order chi connectivity index (χ1) is 11.6. The van der Waals surface area contributed by atoms with Crippen molar-refractivity contribution in [2.45, 2.75) is 6.10 Å². The lowest BCUT2D eigenvalue weighted by molar-refractivity contribution is 0.191. The van der Waals surface area contributed by atoms with Crippen LogP contribution in [0.2, 0.25) is 5.02 Å². The summed E-state index contributed by atoms with van der Waals surface area (Å²) in [6.45, 7) is 0.296. The molecule has 0 bridgehead atoms. The number of anilines is 1. The van der Waals surface area contributed by atoms with E-state index in [1.54, 1.807) is 18.3 Å². The van der Waals surface area contributed by atoms with Crippen LogP contribution in [0.1, 0.15) is 11.7 Å². The number of hydrogen-bond acceptors (Lipinski definition) is 4. The second kappa shape index (κ2) is 7.38. The zero-order valence-corrected chi connectivity index (χ0v) is 13.4. The molecule has 0 saturated carbocycles. The van der Waals surface area contributed by atoms with Gasteiger partial charge in [0.1, 0.15) is 11.6 Å². The molecule has 122 valence electrons. The highest BCUT2D eigenvalue weighted by Gasteiger charge is 2.09. The number of benzene rings is 2. The van der Waals surface area contributed by atoms with Crippen LogP contribution in [0.4, 0.5) is 10.2 Å². The highest BCUT2D eigenvalue weighted by molar-refractivity contribution is 6.30. The number of aliphatic hydroxyl groups excluding tert-OH is 1. The third-order valence-corrected chi connectivity index (χ3v) is 3.66. The molecule has 0 radical (unpaired) electrons. The van der Waals surface area contributed by atoms with Crippen LogP contribution in [-0.4, -0.2) is 21.6 Å². The number of nitrogens with zero attached hydrogens (tertiary/aromatic N) is 2. The fourth-order valence-electron chi connectivity index (χ4n) is 2.27. The Labute approximate surface area is 144 Å². The molecule has 0 aliphatic rings. The highest BCUT2D eigenvalue weighted by atomic mass is 35.5. The molecule has 0 aliphatic carbocycles. The molecule has 24 heavy (non-hydrogen) atoms. The summed E-state index contributed by atoms with van der Waals surface area (Å²) in [5.74, 6) is 0.449. The smallest absolute Gasteiger partial charge is 0.161 e. The minimum absolute atomic E-state index is 0.284. The van der Waals surface area contributed by atoms with E-state index < -0.39 is 11.9 Å². The van der Waals surface area contributed by atoms with Crippen molar-refractivity contribution in [3.8, 4) is 11.4 Å². The molecule has 0 unspecified atom stereocenters. The van der Waals surface area contributed by atoms with Crippen molar-refractivity contribution in [2.24, 2.45) is 0 Å². The molecular weight excluding hydrogens is 329 g/mol. The summed E-state index contributed by atoms with van der Waals surface area (Å²) in [6, 6.07) is 15.2. The Balaban J connectivity index is 1.74. The van der Waals surface area contributed by atoms with E-state index in [1.165, 1.54) is 12.1 Å². The first-order valence-electron chi connectivity index (χ1n) is 7.38. The second-order valence-electron chi connectivity index (χ2n) is 5.23. The van der Waals surface area contributed by atoms with E-state index in [0.29, 0.717) is 23.8 Å². The molecule has 0 saturated heterocycles. The molecule has 1 aromatic heterocycles. The first-order valence-corrected chi connectivity index (χ1v) is 7.76. The molecule has 4 nitrogen and oxygen atoms in total. The number of halogens is 2. The van der Waals surface area contributed by atoms with Crippen LogP contribution in [-0.2, 0) is 0 Å². The van der Waals surface area contributed by atoms with E-state index in [1.807, 2.05) is 30.3 Å². The Morgan fingerprint density at radius 2 is 1.92 bits per heavy atom. The largest absolute Gasteiger partial charge is 0.387 e. The number of hydrogen-bond donors (Lipinski definition) is 2. The maximum absolute atomic E-state index is 13.5. The number of aromatic nitrogens is 2. The van der Waals surface area contributed by atoms with Crippen LogP contribution in [0.3, 0.4) is 0 Å². The summed E-state index contributed by atoms with van der Waals surface area (Å²) in [6.07, 6.45) is 0.909. The first kappa shape index (κ1) is 16.4. The third kappa shape index (κ3) is 4.07. The van der Waals surface area contributed by atoms with E-state index in [0.717, 1.165) is 5.56 Å². The van der Waals surface area contributed by atoms with Gasteiger partial charge < -0.3 is 10.4 Å². The van der Waals surface area contributed by atoms with Crippen LogP contribution < -0.4 is 5.32 Å². The van der Waals surface area contributed by atoms with Gasteiger partial charge in [-0.25, -0.2) is 14.4 Å². The van der Waals surface area contributed by atoms with Crippen LogP contribution >= 0.6 is 11.6 Å². The Kier molecular flexibility index (Phi) is 5.03. The summed E-state index contributed by atoms with van der Waals surface area (Å²) in [5, 5.41) is 13.5. The minimum Gasteiger partial charge on any atom is -0.387 e. The molecule has 0 fully saturated rings. The van der Waals surface area contributed by atoms with Gasteiger partial charge >= 0.3 is 0 Å². The Bertz CT molecular complexity index is 809. The molecule has 0 spiro atoms. The minimum atomic E-state index is -0.659. The summed E-state index contributed by atoms with van der Waals surface area (Å²) in [7, 11) is 0. The van der Waals surface area contributed by atoms with E-state index in [-0.39, 0.29) is 5.02 Å². The van der Waals surface area contributed by atoms with E-state index in [2.05, 4.69) is 15.3 Å². The maximum Gasteiger partial charge on any atom is 0.161 e. The van der Waals surface area contributed by atoms with Crippen molar-refractivity contribution < 1.29 is 9.50 Å². The lowest BCUT2D eigenvalue weighted by Crippen LogP contribution is -2.13. The van der Waals surface area contributed by atoms with Crippen molar-refractivity contribution in [2.75, 3.05) is 11.9 Å². The van der Waals surface area contributed by atoms with Gasteiger partial charge in [-0.3, -0.25) is 0 Å². The molecule has 0 amide bonds. The summed E-state index contributed by atoms with van der Waals surface area (Å²) >= 11 is 5.87. The van der Waals surface area contributed by atoms with Gasteiger partial charge in [0.15, 0.2) is 5.82 Å². The number of aliphatic hydroxyl groups is 1. The van der Waals surface area contributed by atoms with Crippen LogP contribution in [0, 0.1) is 5.82 Å². The van der Waals surface area contributed by atoms with Gasteiger partial charge in [0.2, 0.25) is 0 Å². The molecule has 1 atom stereocenters. The third-order valence-electron chi connectivity index (χ3n) is 3.44. The Morgan fingerprint density at radius 3 is 2.67 bits per heavy atom. The van der Waals surface area contributed by atoms with E-state index >= 15 is 0 Å². The number of rotatable bonds is 5. The molecule has 6 heteroatoms. The molecule has 2 aromatic carbocycles. The predicted molar refractivity (Wildman–Crippen MR) is 92.3 cm³/mol. The average molecular weight is 344 g/mol. The summed E-state index contributed by atoms with van der Waals surface area (Å²) in [4.78, 5) is 8.47. The Hall–Kier alpha value is -2.50. The second-order valence-corrected chi connectivity index (χ2v) is 5.67. The van der Waals surface area contributed by atoms with Crippen molar-refractivity contribution in [3.63, 3.8) is 0 Å². The predicted octanol–water partition coefficient (Wildman–Crippen LogP) is 4.08. The molecule has 3 rings (SSSR count). The van der Waals surface area contributed by atoms with Gasteiger partial charge in [-0.1, -0.05) is 41.9 Å². The zero-order chi connectivity index (χ0) is 16.9. The average Bonchev–Trinajstić information content (AvgIpc) is 2.60. The molecular formula is C18H15ClFN3O. The lowest BCUT2D eigenvalue weighted by atomic mass is 10.1. The van der Waals surface area contributed by atoms with Crippen molar-refractivity contribution >= 4 is 17.4 Å². The standard InChI is InChI=1S/C18H15ClFN3O/c19-14-8-13(9-15(20)10-14)18-21-7-6-17(23-18)22-11-16(24)12-4-2-1-3-5-12/h1-10,16,24H,11H2,(H,21,22,23)/t16-/m0/s1. The van der Waals surface area contributed by atoms with Crippen molar-refractivity contribution in [1.29, 1.82) is 0 Å². The van der Waals surface area contributed by atoms with Gasteiger partial charge in [0.05, 0.1) is 6.10 Å². The maximum atomic E-state index is 13.5. The summed E-state index contributed by atoms with van der Waals surface area (Å²) in [5.41, 5.74) is 1.31. The van der Waals surface area contributed by atoms with Crippen molar-refractivity contribution in [3.05, 3.63) is 77.2 Å². The number of nitrogens with one attached hydrogen (secondary N) is 1. The summed E-state index contributed by atoms with van der Waals surface area (Å²) < 4.78 is 13.5. The quantitative estimate of drug-likeness (QED) is 0.733. The van der Waals surface area contributed by atoms with Crippen LogP contribution in [0.15, 0.2) is 60.8 Å². The Morgan fingerprint density at radius 1 is 1.12 bits per heavy atom. The van der Waals surface area contributed by atoms with E-state index in [9.17, 15) is 9.50 Å². The van der Waals surface area contributed by atoms with Gasteiger partial charge in [-0.15, -0.1) is 0 Å². The molecule has 3 aromatic rings.